The Morgan fingerprint density at radius 2 is 1.91 bits per heavy atom. The van der Waals surface area contributed by atoms with Crippen LogP contribution in [0.15, 0.2) is 55.1 Å². The zero-order valence-electron chi connectivity index (χ0n) is 19.8. The third-order valence-corrected chi connectivity index (χ3v) is 6.68. The number of nitrogens with one attached hydrogen (secondary N) is 1. The van der Waals surface area contributed by atoms with Gasteiger partial charge >= 0.3 is 0 Å². The molecule has 1 fully saturated rings. The Morgan fingerprint density at radius 3 is 2.63 bits per heavy atom. The van der Waals surface area contributed by atoms with Crippen molar-refractivity contribution in [1.82, 2.24) is 19.5 Å². The molecule has 1 N–H and O–H groups in total. The summed E-state index contributed by atoms with van der Waals surface area (Å²) in [6, 6.07) is 14.2. The second-order valence-corrected chi connectivity index (χ2v) is 9.81. The van der Waals surface area contributed by atoms with Gasteiger partial charge in [-0.1, -0.05) is 48.0 Å². The van der Waals surface area contributed by atoms with Crippen LogP contribution in [-0.2, 0) is 6.54 Å². The van der Waals surface area contributed by atoms with E-state index in [1.807, 2.05) is 43.3 Å². The minimum absolute atomic E-state index is 0.165. The Bertz CT molecular complexity index is 1380. The van der Waals surface area contributed by atoms with E-state index >= 15 is 0 Å². The number of benzene rings is 2. The van der Waals surface area contributed by atoms with Crippen LogP contribution in [0.3, 0.4) is 0 Å². The second kappa shape index (κ2) is 9.88. The molecule has 2 aromatic carbocycles. The van der Waals surface area contributed by atoms with E-state index in [4.69, 9.17) is 32.9 Å². The molecule has 2 heterocycles. The number of aromatic nitrogens is 4. The van der Waals surface area contributed by atoms with Crippen LogP contribution in [0.5, 0.6) is 5.75 Å². The standard InChI is InChI=1S/C27H27Cl2N5O/c1-4-13-35-22-12-5-16(2)14-21(22)26-31-25-23(34(26)15-18-6-10-20(28)11-7-18)24(32-27(29)33-25)30-17(3)19-8-9-19/h4-7,10-12,14,17,19H,1,8-9,13,15H2,2-3H3,(H,30,32,33)/t17-/m1/s1. The number of halogens is 2. The van der Waals surface area contributed by atoms with Crippen molar-refractivity contribution in [3.8, 4) is 17.1 Å². The molecule has 8 heteroatoms. The molecule has 6 nitrogen and oxygen atoms in total. The fourth-order valence-corrected chi connectivity index (χ4v) is 4.56. The molecule has 0 saturated heterocycles. The number of hydrogen-bond acceptors (Lipinski definition) is 5. The van der Waals surface area contributed by atoms with Crippen molar-refractivity contribution in [1.29, 1.82) is 0 Å². The van der Waals surface area contributed by atoms with Crippen LogP contribution in [0.4, 0.5) is 5.82 Å². The third kappa shape index (κ3) is 5.14. The van der Waals surface area contributed by atoms with Gasteiger partial charge in [0.25, 0.3) is 0 Å². The summed E-state index contributed by atoms with van der Waals surface area (Å²) in [6.45, 7) is 8.96. The van der Waals surface area contributed by atoms with Crippen LogP contribution in [0.2, 0.25) is 10.3 Å². The van der Waals surface area contributed by atoms with E-state index in [1.165, 1.54) is 12.8 Å². The van der Waals surface area contributed by atoms with Gasteiger partial charge in [0.1, 0.15) is 23.7 Å². The normalized spacial score (nSPS) is 14.2. The molecule has 0 amide bonds. The molecule has 1 aliphatic carbocycles. The SMILES string of the molecule is C=CCOc1ccc(C)cc1-c1nc2nc(Cl)nc(N[C@H](C)C3CC3)c2n1Cc1ccc(Cl)cc1. The molecule has 0 bridgehead atoms. The average molecular weight is 508 g/mol. The summed E-state index contributed by atoms with van der Waals surface area (Å²) in [5, 5.41) is 4.44. The summed E-state index contributed by atoms with van der Waals surface area (Å²) >= 11 is 12.5. The topological polar surface area (TPSA) is 64.9 Å². The highest BCUT2D eigenvalue weighted by Gasteiger charge is 2.30. The van der Waals surface area contributed by atoms with Gasteiger partial charge in [-0.05, 0) is 74.0 Å². The molecule has 0 aliphatic heterocycles. The molecule has 180 valence electrons. The Hall–Kier alpha value is -3.09. The van der Waals surface area contributed by atoms with Gasteiger partial charge in [-0.2, -0.15) is 9.97 Å². The number of ether oxygens (including phenoxy) is 1. The first-order chi connectivity index (χ1) is 16.9. The van der Waals surface area contributed by atoms with Crippen LogP contribution in [0.25, 0.3) is 22.6 Å². The maximum absolute atomic E-state index is 6.35. The van der Waals surface area contributed by atoms with Crippen LogP contribution >= 0.6 is 23.2 Å². The lowest BCUT2D eigenvalue weighted by Crippen LogP contribution is -2.19. The van der Waals surface area contributed by atoms with E-state index in [-0.39, 0.29) is 11.3 Å². The smallest absolute Gasteiger partial charge is 0.226 e. The molecule has 1 atom stereocenters. The molecule has 1 aliphatic rings. The zero-order valence-corrected chi connectivity index (χ0v) is 21.3. The van der Waals surface area contributed by atoms with Crippen molar-refractivity contribution >= 4 is 40.2 Å². The van der Waals surface area contributed by atoms with E-state index in [0.717, 1.165) is 33.8 Å². The van der Waals surface area contributed by atoms with Gasteiger partial charge in [-0.3, -0.25) is 0 Å². The highest BCUT2D eigenvalue weighted by Crippen LogP contribution is 2.38. The maximum Gasteiger partial charge on any atom is 0.226 e. The lowest BCUT2D eigenvalue weighted by atomic mass is 10.1. The fraction of sp³-hybridized carbons (Fsp3) is 0.296. The van der Waals surface area contributed by atoms with Crippen molar-refractivity contribution in [3.05, 3.63) is 76.6 Å². The van der Waals surface area contributed by atoms with Crippen molar-refractivity contribution < 1.29 is 4.74 Å². The predicted molar refractivity (Wildman–Crippen MR) is 143 cm³/mol. The van der Waals surface area contributed by atoms with Crippen molar-refractivity contribution in [2.45, 2.75) is 39.3 Å². The van der Waals surface area contributed by atoms with Gasteiger partial charge in [0.05, 0.1) is 5.56 Å². The molecule has 0 unspecified atom stereocenters. The number of anilines is 1. The van der Waals surface area contributed by atoms with E-state index in [2.05, 4.69) is 39.4 Å². The predicted octanol–water partition coefficient (Wildman–Crippen LogP) is 6.93. The number of fused-ring (bicyclic) bond motifs is 1. The van der Waals surface area contributed by atoms with Crippen molar-refractivity contribution in [2.75, 3.05) is 11.9 Å². The number of nitrogens with zero attached hydrogens (tertiary/aromatic N) is 4. The van der Waals surface area contributed by atoms with E-state index in [1.54, 1.807) is 6.08 Å². The van der Waals surface area contributed by atoms with Crippen LogP contribution < -0.4 is 10.1 Å². The molecule has 0 spiro atoms. The largest absolute Gasteiger partial charge is 0.489 e. The number of imidazole rings is 1. The summed E-state index contributed by atoms with van der Waals surface area (Å²) < 4.78 is 8.14. The van der Waals surface area contributed by atoms with Gasteiger partial charge in [-0.15, -0.1) is 0 Å². The van der Waals surface area contributed by atoms with Gasteiger partial charge in [0.2, 0.25) is 5.28 Å². The number of aryl methyl sites for hydroxylation is 1. The van der Waals surface area contributed by atoms with E-state index in [0.29, 0.717) is 35.6 Å². The summed E-state index contributed by atoms with van der Waals surface area (Å²) in [5.41, 5.74) is 4.39. The molecule has 4 aromatic rings. The van der Waals surface area contributed by atoms with Crippen LogP contribution in [0, 0.1) is 12.8 Å². The first kappa shape index (κ1) is 23.6. The minimum Gasteiger partial charge on any atom is -0.489 e. The maximum atomic E-state index is 6.35. The molecule has 5 rings (SSSR count). The Balaban J connectivity index is 1.72. The summed E-state index contributed by atoms with van der Waals surface area (Å²) in [7, 11) is 0. The van der Waals surface area contributed by atoms with E-state index in [9.17, 15) is 0 Å². The van der Waals surface area contributed by atoms with Gasteiger partial charge in [0, 0.05) is 17.6 Å². The Labute approximate surface area is 215 Å². The zero-order chi connectivity index (χ0) is 24.5. The second-order valence-electron chi connectivity index (χ2n) is 9.03. The molecular formula is C27H27Cl2N5O. The third-order valence-electron chi connectivity index (χ3n) is 6.26. The number of rotatable bonds is 9. The lowest BCUT2D eigenvalue weighted by molar-refractivity contribution is 0.364. The monoisotopic (exact) mass is 507 g/mol. The van der Waals surface area contributed by atoms with Crippen LogP contribution in [-0.4, -0.2) is 32.2 Å². The molecule has 35 heavy (non-hydrogen) atoms. The first-order valence-electron chi connectivity index (χ1n) is 11.7. The van der Waals surface area contributed by atoms with Gasteiger partial charge in [0.15, 0.2) is 11.5 Å². The molecule has 1 saturated carbocycles. The van der Waals surface area contributed by atoms with Crippen molar-refractivity contribution in [3.63, 3.8) is 0 Å². The van der Waals surface area contributed by atoms with Gasteiger partial charge in [-0.25, -0.2) is 4.98 Å². The highest BCUT2D eigenvalue weighted by molar-refractivity contribution is 6.30. The van der Waals surface area contributed by atoms with Crippen LogP contribution in [0.1, 0.15) is 30.9 Å². The Morgan fingerprint density at radius 1 is 1.14 bits per heavy atom. The quantitative estimate of drug-likeness (QED) is 0.196. The van der Waals surface area contributed by atoms with Crippen molar-refractivity contribution in [2.24, 2.45) is 5.92 Å². The minimum atomic E-state index is 0.165. The Kier molecular flexibility index (Phi) is 6.67. The lowest BCUT2D eigenvalue weighted by Gasteiger charge is -2.17. The number of hydrogen-bond donors (Lipinski definition) is 1. The molecule has 0 radical (unpaired) electrons. The summed E-state index contributed by atoms with van der Waals surface area (Å²) in [6.07, 6.45) is 4.17. The average Bonchev–Trinajstić information content (AvgIpc) is 3.62. The van der Waals surface area contributed by atoms with Gasteiger partial charge < -0.3 is 14.6 Å². The molecule has 2 aromatic heterocycles. The summed E-state index contributed by atoms with van der Waals surface area (Å²) in [4.78, 5) is 14.0. The van der Waals surface area contributed by atoms with E-state index < -0.39 is 0 Å². The fourth-order valence-electron chi connectivity index (χ4n) is 4.26. The highest BCUT2D eigenvalue weighted by atomic mass is 35.5. The molecular weight excluding hydrogens is 481 g/mol. The summed E-state index contributed by atoms with van der Waals surface area (Å²) in [5.74, 6) is 2.79. The first-order valence-corrected chi connectivity index (χ1v) is 12.5.